The summed E-state index contributed by atoms with van der Waals surface area (Å²) in [6.07, 6.45) is 0. The molecule has 0 unspecified atom stereocenters. The van der Waals surface area contributed by atoms with Crippen LogP contribution < -0.4 is 5.32 Å². The number of amides is 1. The second-order valence-corrected chi connectivity index (χ2v) is 10.00. The van der Waals surface area contributed by atoms with Gasteiger partial charge in [-0.2, -0.15) is 4.31 Å². The Balaban J connectivity index is 1.88. The third-order valence-electron chi connectivity index (χ3n) is 4.51. The van der Waals surface area contributed by atoms with Crippen LogP contribution in [0.3, 0.4) is 0 Å². The van der Waals surface area contributed by atoms with Gasteiger partial charge in [-0.3, -0.25) is 4.79 Å². The Labute approximate surface area is 189 Å². The lowest BCUT2D eigenvalue weighted by Gasteiger charge is -2.23. The lowest BCUT2D eigenvalue weighted by molar-refractivity contribution is -0.116. The number of carbonyl (C=O) groups is 1. The first-order chi connectivity index (χ1) is 14.3. The van der Waals surface area contributed by atoms with Crippen LogP contribution in [0, 0.1) is 6.92 Å². The molecule has 0 aliphatic carbocycles. The highest BCUT2D eigenvalue weighted by Gasteiger charge is 2.27. The molecule has 3 rings (SSSR count). The van der Waals surface area contributed by atoms with Crippen LogP contribution in [0.15, 0.2) is 82.2 Å². The predicted octanol–water partition coefficient (Wildman–Crippen LogP) is 5.24. The van der Waals surface area contributed by atoms with E-state index in [1.165, 1.54) is 28.6 Å². The number of anilines is 1. The standard InChI is InChI=1S/C22H20BrClN2O3S/c1-16-4-2-3-5-17(16)14-26(30(28,29)21-12-8-19(24)9-13-21)15-22(27)25-20-10-6-18(23)7-11-20/h2-13H,14-15H2,1H3,(H,25,27). The molecular weight excluding hydrogens is 488 g/mol. The van der Waals surface area contributed by atoms with Crippen molar-refractivity contribution in [3.8, 4) is 0 Å². The van der Waals surface area contributed by atoms with Crippen molar-refractivity contribution < 1.29 is 13.2 Å². The first-order valence-corrected chi connectivity index (χ1v) is 11.7. The normalized spacial score (nSPS) is 11.5. The molecule has 0 radical (unpaired) electrons. The molecule has 0 atom stereocenters. The van der Waals surface area contributed by atoms with E-state index in [9.17, 15) is 13.2 Å². The summed E-state index contributed by atoms with van der Waals surface area (Å²) >= 11 is 9.24. The molecule has 0 bridgehead atoms. The van der Waals surface area contributed by atoms with Crippen molar-refractivity contribution in [3.05, 3.63) is 93.4 Å². The van der Waals surface area contributed by atoms with E-state index < -0.39 is 15.9 Å². The Morgan fingerprint density at radius 1 is 1.00 bits per heavy atom. The molecule has 0 aliphatic rings. The number of halogens is 2. The molecule has 8 heteroatoms. The molecule has 0 aromatic heterocycles. The predicted molar refractivity (Wildman–Crippen MR) is 123 cm³/mol. The Kier molecular flexibility index (Phi) is 7.31. The minimum Gasteiger partial charge on any atom is -0.325 e. The quantitative estimate of drug-likeness (QED) is 0.475. The lowest BCUT2D eigenvalue weighted by Crippen LogP contribution is -2.37. The van der Waals surface area contributed by atoms with Crippen LogP contribution in [-0.2, 0) is 21.4 Å². The van der Waals surface area contributed by atoms with E-state index in [1.807, 2.05) is 31.2 Å². The van der Waals surface area contributed by atoms with Crippen LogP contribution in [0.25, 0.3) is 0 Å². The molecule has 0 fully saturated rings. The number of benzene rings is 3. The third kappa shape index (κ3) is 5.70. The second-order valence-electron chi connectivity index (χ2n) is 6.71. The van der Waals surface area contributed by atoms with Crippen molar-refractivity contribution in [2.45, 2.75) is 18.4 Å². The molecule has 0 saturated carbocycles. The molecule has 0 saturated heterocycles. The van der Waals surface area contributed by atoms with Gasteiger partial charge < -0.3 is 5.32 Å². The minimum absolute atomic E-state index is 0.0748. The Bertz CT molecular complexity index is 1130. The summed E-state index contributed by atoms with van der Waals surface area (Å²) in [5.41, 5.74) is 2.36. The maximum atomic E-state index is 13.3. The van der Waals surface area contributed by atoms with Crippen LogP contribution in [-0.4, -0.2) is 25.2 Å². The summed E-state index contributed by atoms with van der Waals surface area (Å²) in [5.74, 6) is -0.427. The van der Waals surface area contributed by atoms with Crippen molar-refractivity contribution in [2.75, 3.05) is 11.9 Å². The van der Waals surface area contributed by atoms with E-state index in [4.69, 9.17) is 11.6 Å². The molecular formula is C22H20BrClN2O3S. The highest BCUT2D eigenvalue weighted by molar-refractivity contribution is 9.10. The average molecular weight is 508 g/mol. The topological polar surface area (TPSA) is 66.5 Å². The SMILES string of the molecule is Cc1ccccc1CN(CC(=O)Nc1ccc(Br)cc1)S(=O)(=O)c1ccc(Cl)cc1. The van der Waals surface area contributed by atoms with E-state index in [2.05, 4.69) is 21.2 Å². The molecule has 156 valence electrons. The van der Waals surface area contributed by atoms with Gasteiger partial charge in [0.1, 0.15) is 0 Å². The Morgan fingerprint density at radius 3 is 2.27 bits per heavy atom. The Morgan fingerprint density at radius 2 is 1.63 bits per heavy atom. The molecule has 3 aromatic rings. The number of hydrogen-bond donors (Lipinski definition) is 1. The van der Waals surface area contributed by atoms with Crippen molar-refractivity contribution >= 4 is 49.1 Å². The largest absolute Gasteiger partial charge is 0.325 e. The van der Waals surface area contributed by atoms with Crippen LogP contribution in [0.1, 0.15) is 11.1 Å². The van der Waals surface area contributed by atoms with Crippen molar-refractivity contribution in [3.63, 3.8) is 0 Å². The lowest BCUT2D eigenvalue weighted by atomic mass is 10.1. The molecule has 0 aliphatic heterocycles. The molecule has 30 heavy (non-hydrogen) atoms. The number of rotatable bonds is 7. The van der Waals surface area contributed by atoms with E-state index in [-0.39, 0.29) is 18.0 Å². The first kappa shape index (κ1) is 22.5. The fourth-order valence-corrected chi connectivity index (χ4v) is 4.62. The molecule has 0 spiro atoms. The third-order valence-corrected chi connectivity index (χ3v) is 7.09. The number of nitrogens with zero attached hydrogens (tertiary/aromatic N) is 1. The van der Waals surface area contributed by atoms with E-state index in [1.54, 1.807) is 24.3 Å². The van der Waals surface area contributed by atoms with Gasteiger partial charge in [0.05, 0.1) is 11.4 Å². The van der Waals surface area contributed by atoms with E-state index in [0.29, 0.717) is 10.7 Å². The van der Waals surface area contributed by atoms with Crippen molar-refractivity contribution in [1.82, 2.24) is 4.31 Å². The highest BCUT2D eigenvalue weighted by Crippen LogP contribution is 2.22. The number of hydrogen-bond acceptors (Lipinski definition) is 3. The number of carbonyl (C=O) groups excluding carboxylic acids is 1. The fourth-order valence-electron chi connectivity index (χ4n) is 2.85. The van der Waals surface area contributed by atoms with Gasteiger partial charge in [0.15, 0.2) is 0 Å². The molecule has 3 aromatic carbocycles. The smallest absolute Gasteiger partial charge is 0.243 e. The number of nitrogens with one attached hydrogen (secondary N) is 1. The fraction of sp³-hybridized carbons (Fsp3) is 0.136. The molecule has 1 amide bonds. The first-order valence-electron chi connectivity index (χ1n) is 9.11. The number of aryl methyl sites for hydroxylation is 1. The zero-order valence-electron chi connectivity index (χ0n) is 16.2. The van der Waals surface area contributed by atoms with Crippen LogP contribution >= 0.6 is 27.5 Å². The summed E-state index contributed by atoms with van der Waals surface area (Å²) in [6.45, 7) is 1.66. The van der Waals surface area contributed by atoms with Crippen LogP contribution in [0.5, 0.6) is 0 Å². The van der Waals surface area contributed by atoms with E-state index in [0.717, 1.165) is 15.6 Å². The van der Waals surface area contributed by atoms with Gasteiger partial charge in [0, 0.05) is 21.7 Å². The summed E-state index contributed by atoms with van der Waals surface area (Å²) in [7, 11) is -3.92. The van der Waals surface area contributed by atoms with Gasteiger partial charge in [-0.05, 0) is 66.6 Å². The maximum absolute atomic E-state index is 13.3. The highest BCUT2D eigenvalue weighted by atomic mass is 79.9. The number of sulfonamides is 1. The van der Waals surface area contributed by atoms with Gasteiger partial charge in [-0.25, -0.2) is 8.42 Å². The zero-order chi connectivity index (χ0) is 21.7. The zero-order valence-corrected chi connectivity index (χ0v) is 19.3. The average Bonchev–Trinajstić information content (AvgIpc) is 2.71. The van der Waals surface area contributed by atoms with Gasteiger partial charge >= 0.3 is 0 Å². The molecule has 5 nitrogen and oxygen atoms in total. The van der Waals surface area contributed by atoms with Crippen LogP contribution in [0.2, 0.25) is 5.02 Å². The monoisotopic (exact) mass is 506 g/mol. The minimum atomic E-state index is -3.92. The van der Waals surface area contributed by atoms with E-state index >= 15 is 0 Å². The van der Waals surface area contributed by atoms with Crippen molar-refractivity contribution in [1.29, 1.82) is 0 Å². The van der Waals surface area contributed by atoms with Crippen molar-refractivity contribution in [2.24, 2.45) is 0 Å². The summed E-state index contributed by atoms with van der Waals surface area (Å²) in [5, 5.41) is 3.18. The van der Waals surface area contributed by atoms with Gasteiger partial charge in [-0.15, -0.1) is 0 Å². The molecule has 1 N–H and O–H groups in total. The van der Waals surface area contributed by atoms with Gasteiger partial charge in [0.25, 0.3) is 0 Å². The summed E-state index contributed by atoms with van der Waals surface area (Å²) in [6, 6.07) is 20.5. The van der Waals surface area contributed by atoms with Gasteiger partial charge in [0.2, 0.25) is 15.9 Å². The van der Waals surface area contributed by atoms with Crippen LogP contribution in [0.4, 0.5) is 5.69 Å². The maximum Gasteiger partial charge on any atom is 0.243 e. The Hall–Kier alpha value is -2.19. The summed E-state index contributed by atoms with van der Waals surface area (Å²) in [4.78, 5) is 12.7. The molecule has 0 heterocycles. The summed E-state index contributed by atoms with van der Waals surface area (Å²) < 4.78 is 28.6. The van der Waals surface area contributed by atoms with Gasteiger partial charge in [-0.1, -0.05) is 51.8 Å². The second kappa shape index (κ2) is 9.75.